The van der Waals surface area contributed by atoms with Crippen molar-refractivity contribution in [2.24, 2.45) is 0 Å². The number of anilines is 1. The molecule has 0 aromatic heterocycles. The molecule has 1 fully saturated rings. The number of hydrogen-bond donors (Lipinski definition) is 1. The van der Waals surface area contributed by atoms with Gasteiger partial charge in [0.25, 0.3) is 0 Å². The molecule has 1 heterocycles. The minimum Gasteiger partial charge on any atom is -0.497 e. The van der Waals surface area contributed by atoms with Crippen molar-refractivity contribution in [2.45, 2.75) is 6.10 Å². The normalized spacial score (nSPS) is 17.0. The van der Waals surface area contributed by atoms with Crippen LogP contribution in [0.2, 0.25) is 0 Å². The highest BCUT2D eigenvalue weighted by molar-refractivity contribution is 5.49. The van der Waals surface area contributed by atoms with Crippen LogP contribution in [-0.2, 0) is 4.74 Å². The molecule has 1 aliphatic heterocycles. The second-order valence-corrected chi connectivity index (χ2v) is 5.36. The van der Waals surface area contributed by atoms with Crippen LogP contribution < -0.4 is 9.64 Å². The standard InChI is InChI=1S/C17H24N2O3/c1-3-12-22-14-16(20)13-18-8-10-19(11-9-18)15-4-6-17(21-2)7-5-15/h1,4-7,16,20H,8-14H2,2H3/t16-/m1/s1. The highest BCUT2D eigenvalue weighted by Crippen LogP contribution is 2.20. The quantitative estimate of drug-likeness (QED) is 0.597. The molecule has 22 heavy (non-hydrogen) atoms. The number of nitrogens with zero attached hydrogens (tertiary/aromatic N) is 2. The zero-order valence-corrected chi connectivity index (χ0v) is 13.1. The van der Waals surface area contributed by atoms with Crippen LogP contribution in [0.3, 0.4) is 0 Å². The van der Waals surface area contributed by atoms with E-state index in [1.165, 1.54) is 5.69 Å². The minimum atomic E-state index is -0.485. The van der Waals surface area contributed by atoms with E-state index >= 15 is 0 Å². The Morgan fingerprint density at radius 3 is 2.50 bits per heavy atom. The summed E-state index contributed by atoms with van der Waals surface area (Å²) in [6.07, 6.45) is 4.62. The van der Waals surface area contributed by atoms with Gasteiger partial charge in [-0.15, -0.1) is 6.42 Å². The molecule has 120 valence electrons. The lowest BCUT2D eigenvalue weighted by atomic mass is 10.2. The molecule has 0 saturated carbocycles. The maximum atomic E-state index is 9.91. The van der Waals surface area contributed by atoms with Gasteiger partial charge in [-0.25, -0.2) is 0 Å². The summed E-state index contributed by atoms with van der Waals surface area (Å²) in [7, 11) is 1.67. The molecular formula is C17H24N2O3. The summed E-state index contributed by atoms with van der Waals surface area (Å²) in [5, 5.41) is 9.91. The molecule has 5 nitrogen and oxygen atoms in total. The molecule has 1 aliphatic rings. The van der Waals surface area contributed by atoms with Crippen molar-refractivity contribution in [3.05, 3.63) is 24.3 Å². The van der Waals surface area contributed by atoms with E-state index in [1.54, 1.807) is 7.11 Å². The van der Waals surface area contributed by atoms with Crippen molar-refractivity contribution in [1.82, 2.24) is 4.90 Å². The predicted molar refractivity (Wildman–Crippen MR) is 87.3 cm³/mol. The Bertz CT molecular complexity index is 476. The van der Waals surface area contributed by atoms with Crippen LogP contribution in [0.15, 0.2) is 24.3 Å². The van der Waals surface area contributed by atoms with E-state index in [1.807, 2.05) is 12.1 Å². The van der Waals surface area contributed by atoms with Gasteiger partial charge in [-0.05, 0) is 24.3 Å². The van der Waals surface area contributed by atoms with Gasteiger partial charge in [0.15, 0.2) is 0 Å². The van der Waals surface area contributed by atoms with E-state index in [0.717, 1.165) is 31.9 Å². The molecule has 5 heteroatoms. The van der Waals surface area contributed by atoms with Gasteiger partial charge >= 0.3 is 0 Å². The molecule has 1 saturated heterocycles. The zero-order chi connectivity index (χ0) is 15.8. The second-order valence-electron chi connectivity index (χ2n) is 5.36. The van der Waals surface area contributed by atoms with E-state index in [4.69, 9.17) is 15.9 Å². The molecule has 1 aromatic rings. The van der Waals surface area contributed by atoms with Crippen LogP contribution >= 0.6 is 0 Å². The third kappa shape index (κ3) is 4.92. The zero-order valence-electron chi connectivity index (χ0n) is 13.1. The summed E-state index contributed by atoms with van der Waals surface area (Å²) in [6.45, 7) is 4.93. The number of methoxy groups -OCH3 is 1. The first-order valence-corrected chi connectivity index (χ1v) is 7.53. The smallest absolute Gasteiger partial charge is 0.119 e. The largest absolute Gasteiger partial charge is 0.497 e. The number of aliphatic hydroxyl groups is 1. The molecule has 0 aliphatic carbocycles. The van der Waals surface area contributed by atoms with Gasteiger partial charge in [-0.2, -0.15) is 0 Å². The topological polar surface area (TPSA) is 45.2 Å². The summed E-state index contributed by atoms with van der Waals surface area (Å²) in [5.74, 6) is 3.27. The number of ether oxygens (including phenoxy) is 2. The Morgan fingerprint density at radius 1 is 1.23 bits per heavy atom. The highest BCUT2D eigenvalue weighted by Gasteiger charge is 2.19. The van der Waals surface area contributed by atoms with Gasteiger partial charge in [0.1, 0.15) is 12.4 Å². The highest BCUT2D eigenvalue weighted by atomic mass is 16.5. The number of piperazine rings is 1. The lowest BCUT2D eigenvalue weighted by molar-refractivity contribution is 0.0267. The van der Waals surface area contributed by atoms with E-state index < -0.39 is 6.10 Å². The Kier molecular flexibility index (Phi) is 6.53. The first-order valence-electron chi connectivity index (χ1n) is 7.53. The van der Waals surface area contributed by atoms with Crippen molar-refractivity contribution < 1.29 is 14.6 Å². The van der Waals surface area contributed by atoms with Crippen molar-refractivity contribution in [3.8, 4) is 18.1 Å². The van der Waals surface area contributed by atoms with Gasteiger partial charge in [0, 0.05) is 38.4 Å². The van der Waals surface area contributed by atoms with Crippen LogP contribution in [0.5, 0.6) is 5.75 Å². The third-order valence-electron chi connectivity index (χ3n) is 3.77. The Hall–Kier alpha value is -1.74. The Labute approximate surface area is 132 Å². The van der Waals surface area contributed by atoms with Crippen LogP contribution in [0.4, 0.5) is 5.69 Å². The number of hydrogen-bond acceptors (Lipinski definition) is 5. The van der Waals surface area contributed by atoms with Gasteiger partial charge in [0.05, 0.1) is 19.8 Å². The average Bonchev–Trinajstić information content (AvgIpc) is 2.56. The second kappa shape index (κ2) is 8.64. The number of rotatable bonds is 7. The van der Waals surface area contributed by atoms with Crippen LogP contribution in [0.1, 0.15) is 0 Å². The predicted octanol–water partition coefficient (Wildman–Crippen LogP) is 0.828. The fourth-order valence-electron chi connectivity index (χ4n) is 2.59. The molecule has 0 radical (unpaired) electrons. The van der Waals surface area contributed by atoms with E-state index in [2.05, 4.69) is 27.9 Å². The fourth-order valence-corrected chi connectivity index (χ4v) is 2.59. The summed E-state index contributed by atoms with van der Waals surface area (Å²) < 4.78 is 10.3. The molecule has 1 atom stereocenters. The van der Waals surface area contributed by atoms with Crippen molar-refractivity contribution in [1.29, 1.82) is 0 Å². The first kappa shape index (κ1) is 16.6. The van der Waals surface area contributed by atoms with Crippen molar-refractivity contribution in [2.75, 3.05) is 57.9 Å². The van der Waals surface area contributed by atoms with E-state index in [0.29, 0.717) is 13.2 Å². The van der Waals surface area contributed by atoms with Gasteiger partial charge in [0.2, 0.25) is 0 Å². The van der Waals surface area contributed by atoms with Crippen LogP contribution in [-0.4, -0.2) is 69.2 Å². The lowest BCUT2D eigenvalue weighted by Gasteiger charge is -2.36. The Morgan fingerprint density at radius 2 is 1.91 bits per heavy atom. The van der Waals surface area contributed by atoms with Crippen molar-refractivity contribution in [3.63, 3.8) is 0 Å². The maximum absolute atomic E-state index is 9.91. The molecule has 2 rings (SSSR count). The number of β-amino-alcohol motifs (C(OH)–C–C–N with tert-alkyl or cyclic N) is 1. The monoisotopic (exact) mass is 304 g/mol. The van der Waals surface area contributed by atoms with Crippen LogP contribution in [0, 0.1) is 12.3 Å². The average molecular weight is 304 g/mol. The maximum Gasteiger partial charge on any atom is 0.119 e. The van der Waals surface area contributed by atoms with Gasteiger partial charge in [-0.3, -0.25) is 4.90 Å². The fraction of sp³-hybridized carbons (Fsp3) is 0.529. The van der Waals surface area contributed by atoms with E-state index in [9.17, 15) is 5.11 Å². The Balaban J connectivity index is 1.74. The third-order valence-corrected chi connectivity index (χ3v) is 3.77. The molecular weight excluding hydrogens is 280 g/mol. The number of benzene rings is 1. The molecule has 0 unspecified atom stereocenters. The molecule has 1 aromatic carbocycles. The molecule has 0 spiro atoms. The molecule has 0 bridgehead atoms. The van der Waals surface area contributed by atoms with Crippen LogP contribution in [0.25, 0.3) is 0 Å². The number of aliphatic hydroxyl groups excluding tert-OH is 1. The van der Waals surface area contributed by atoms with E-state index in [-0.39, 0.29) is 6.61 Å². The van der Waals surface area contributed by atoms with Gasteiger partial charge < -0.3 is 19.5 Å². The van der Waals surface area contributed by atoms with Crippen molar-refractivity contribution >= 4 is 5.69 Å². The summed E-state index contributed by atoms with van der Waals surface area (Å²) in [4.78, 5) is 4.60. The SMILES string of the molecule is C#CCOC[C@H](O)CN1CCN(c2ccc(OC)cc2)CC1. The summed E-state index contributed by atoms with van der Waals surface area (Å²) in [6, 6.07) is 8.12. The molecule has 1 N–H and O–H groups in total. The summed E-state index contributed by atoms with van der Waals surface area (Å²) in [5.41, 5.74) is 1.21. The molecule has 0 amide bonds. The minimum absolute atomic E-state index is 0.252. The summed E-state index contributed by atoms with van der Waals surface area (Å²) >= 11 is 0. The number of terminal acetylenes is 1. The lowest BCUT2D eigenvalue weighted by Crippen LogP contribution is -2.49. The first-order chi connectivity index (χ1) is 10.7. The van der Waals surface area contributed by atoms with Gasteiger partial charge in [-0.1, -0.05) is 5.92 Å².